The van der Waals surface area contributed by atoms with Crippen LogP contribution in [0.25, 0.3) is 11.3 Å². The number of rotatable bonds is 4. The number of carbonyl (C=O) groups excluding carboxylic acids is 1. The fourth-order valence-corrected chi connectivity index (χ4v) is 1.92. The highest BCUT2D eigenvalue weighted by Gasteiger charge is 2.18. The molecule has 94 valence electrons. The molecule has 7 heteroatoms. The van der Waals surface area contributed by atoms with Crippen molar-refractivity contribution in [1.82, 2.24) is 15.4 Å². The highest BCUT2D eigenvalue weighted by atomic mass is 79.9. The molecular weight excluding hydrogens is 300 g/mol. The van der Waals surface area contributed by atoms with E-state index in [-0.39, 0.29) is 5.69 Å². The van der Waals surface area contributed by atoms with E-state index in [1.807, 2.05) is 13.0 Å². The van der Waals surface area contributed by atoms with Gasteiger partial charge in [-0.1, -0.05) is 15.9 Å². The molecule has 0 aliphatic rings. The molecule has 2 rings (SSSR count). The Bertz CT molecular complexity index is 582. The van der Waals surface area contributed by atoms with Crippen LogP contribution in [-0.2, 0) is 0 Å². The summed E-state index contributed by atoms with van der Waals surface area (Å²) in [6.45, 7) is 2.39. The summed E-state index contributed by atoms with van der Waals surface area (Å²) < 4.78 is 6.34. The van der Waals surface area contributed by atoms with Gasteiger partial charge in [-0.15, -0.1) is 0 Å². The summed E-state index contributed by atoms with van der Waals surface area (Å²) in [4.78, 5) is 11.3. The molecule has 2 aromatic rings. The summed E-state index contributed by atoms with van der Waals surface area (Å²) in [5, 5.41) is 10.1. The zero-order valence-electron chi connectivity index (χ0n) is 9.61. The van der Waals surface area contributed by atoms with Crippen molar-refractivity contribution in [2.24, 2.45) is 5.73 Å². The van der Waals surface area contributed by atoms with E-state index in [4.69, 9.17) is 10.5 Å². The Morgan fingerprint density at radius 3 is 2.94 bits per heavy atom. The van der Waals surface area contributed by atoms with Gasteiger partial charge in [0, 0.05) is 10.0 Å². The summed E-state index contributed by atoms with van der Waals surface area (Å²) in [6.07, 6.45) is 0. The first-order valence-corrected chi connectivity index (χ1v) is 6.06. The normalized spacial score (nSPS) is 10.3. The number of H-pyrrole nitrogens is 1. The minimum atomic E-state index is -0.638. The molecule has 0 fully saturated rings. The number of nitrogens with two attached hydrogens (primary N) is 1. The van der Waals surface area contributed by atoms with Crippen molar-refractivity contribution in [1.29, 1.82) is 0 Å². The Hall–Kier alpha value is -1.89. The van der Waals surface area contributed by atoms with Gasteiger partial charge in [-0.05, 0) is 25.1 Å². The molecule has 0 saturated carbocycles. The molecule has 1 aromatic heterocycles. The molecule has 0 radical (unpaired) electrons. The van der Waals surface area contributed by atoms with Crippen LogP contribution in [0.1, 0.15) is 17.4 Å². The van der Waals surface area contributed by atoms with Gasteiger partial charge >= 0.3 is 0 Å². The van der Waals surface area contributed by atoms with Crippen molar-refractivity contribution in [2.75, 3.05) is 6.61 Å². The number of hydrogen-bond acceptors (Lipinski definition) is 4. The summed E-state index contributed by atoms with van der Waals surface area (Å²) in [7, 11) is 0. The third kappa shape index (κ3) is 2.35. The molecule has 0 bridgehead atoms. The predicted octanol–water partition coefficient (Wildman–Crippen LogP) is 1.73. The maximum atomic E-state index is 11.3. The van der Waals surface area contributed by atoms with Crippen molar-refractivity contribution in [3.63, 3.8) is 0 Å². The number of hydrogen-bond donors (Lipinski definition) is 2. The fraction of sp³-hybridized carbons (Fsp3) is 0.182. The largest absolute Gasteiger partial charge is 0.493 e. The highest BCUT2D eigenvalue weighted by molar-refractivity contribution is 9.10. The lowest BCUT2D eigenvalue weighted by Crippen LogP contribution is -2.13. The number of carbonyl (C=O) groups is 1. The lowest BCUT2D eigenvalue weighted by molar-refractivity contribution is 0.0996. The molecule has 0 atom stereocenters. The van der Waals surface area contributed by atoms with Crippen molar-refractivity contribution in [3.8, 4) is 17.0 Å². The second-order valence-corrected chi connectivity index (χ2v) is 4.37. The van der Waals surface area contributed by atoms with Crippen molar-refractivity contribution < 1.29 is 9.53 Å². The highest BCUT2D eigenvalue weighted by Crippen LogP contribution is 2.32. The van der Waals surface area contributed by atoms with E-state index in [9.17, 15) is 4.79 Å². The third-order valence-corrected chi connectivity index (χ3v) is 2.77. The van der Waals surface area contributed by atoms with Crippen LogP contribution in [-0.4, -0.2) is 27.9 Å². The first-order valence-electron chi connectivity index (χ1n) is 5.26. The van der Waals surface area contributed by atoms with Gasteiger partial charge in [0.05, 0.1) is 6.61 Å². The van der Waals surface area contributed by atoms with Crippen LogP contribution in [0.4, 0.5) is 0 Å². The monoisotopic (exact) mass is 310 g/mol. The Balaban J connectivity index is 2.58. The summed E-state index contributed by atoms with van der Waals surface area (Å²) in [6, 6.07) is 5.44. The van der Waals surface area contributed by atoms with E-state index >= 15 is 0 Å². The molecule has 0 unspecified atom stereocenters. The van der Waals surface area contributed by atoms with Gasteiger partial charge in [-0.2, -0.15) is 15.4 Å². The molecule has 18 heavy (non-hydrogen) atoms. The topological polar surface area (TPSA) is 93.9 Å². The number of aromatic amines is 1. The molecule has 0 aliphatic carbocycles. The lowest BCUT2D eigenvalue weighted by atomic mass is 10.1. The fourth-order valence-electron chi connectivity index (χ4n) is 1.56. The SMILES string of the molecule is CCOc1ccc(Br)cc1-c1n[nH]nc1C(N)=O. The quantitative estimate of drug-likeness (QED) is 0.899. The van der Waals surface area contributed by atoms with Crippen LogP contribution in [0.15, 0.2) is 22.7 Å². The van der Waals surface area contributed by atoms with Crippen molar-refractivity contribution in [2.45, 2.75) is 6.92 Å². The van der Waals surface area contributed by atoms with Crippen LogP contribution in [0.5, 0.6) is 5.75 Å². The second kappa shape index (κ2) is 5.18. The van der Waals surface area contributed by atoms with Crippen LogP contribution in [0, 0.1) is 0 Å². The van der Waals surface area contributed by atoms with Crippen LogP contribution < -0.4 is 10.5 Å². The molecule has 1 amide bonds. The Morgan fingerprint density at radius 2 is 2.28 bits per heavy atom. The van der Waals surface area contributed by atoms with Gasteiger partial charge in [0.25, 0.3) is 5.91 Å². The Labute approximate surface area is 112 Å². The number of aromatic nitrogens is 3. The average molecular weight is 311 g/mol. The Kier molecular flexibility index (Phi) is 3.61. The molecular formula is C11H11BrN4O2. The smallest absolute Gasteiger partial charge is 0.271 e. The molecule has 3 N–H and O–H groups in total. The van der Waals surface area contributed by atoms with Crippen molar-refractivity contribution >= 4 is 21.8 Å². The summed E-state index contributed by atoms with van der Waals surface area (Å²) >= 11 is 3.36. The minimum absolute atomic E-state index is 0.0917. The van der Waals surface area contributed by atoms with Gasteiger partial charge in [0.2, 0.25) is 0 Å². The van der Waals surface area contributed by atoms with E-state index in [2.05, 4.69) is 31.3 Å². The number of amides is 1. The lowest BCUT2D eigenvalue weighted by Gasteiger charge is -2.09. The van der Waals surface area contributed by atoms with E-state index < -0.39 is 5.91 Å². The predicted molar refractivity (Wildman–Crippen MR) is 69.2 cm³/mol. The maximum Gasteiger partial charge on any atom is 0.271 e. The summed E-state index contributed by atoms with van der Waals surface area (Å²) in [5.41, 5.74) is 6.38. The van der Waals surface area contributed by atoms with E-state index in [1.165, 1.54) is 0 Å². The van der Waals surface area contributed by atoms with E-state index in [0.717, 1.165) is 4.47 Å². The zero-order chi connectivity index (χ0) is 13.1. The molecule has 6 nitrogen and oxygen atoms in total. The van der Waals surface area contributed by atoms with E-state index in [0.29, 0.717) is 23.6 Å². The van der Waals surface area contributed by atoms with Gasteiger partial charge in [-0.25, -0.2) is 0 Å². The first kappa shape index (κ1) is 12.6. The van der Waals surface area contributed by atoms with Gasteiger partial charge in [-0.3, -0.25) is 4.79 Å². The standard InChI is InChI=1S/C11H11BrN4O2/c1-2-18-8-4-3-6(12)5-7(8)9-10(11(13)17)15-16-14-9/h3-5H,2H2,1H3,(H2,13,17)(H,14,15,16). The molecule has 1 heterocycles. The van der Waals surface area contributed by atoms with Gasteiger partial charge in [0.15, 0.2) is 5.69 Å². The zero-order valence-corrected chi connectivity index (χ0v) is 11.2. The molecule has 0 saturated heterocycles. The minimum Gasteiger partial charge on any atom is -0.493 e. The molecule has 1 aromatic carbocycles. The van der Waals surface area contributed by atoms with Gasteiger partial charge in [0.1, 0.15) is 11.4 Å². The maximum absolute atomic E-state index is 11.3. The number of primary amides is 1. The second-order valence-electron chi connectivity index (χ2n) is 3.46. The number of nitrogens with one attached hydrogen (secondary N) is 1. The molecule has 0 aliphatic heterocycles. The summed E-state index contributed by atoms with van der Waals surface area (Å²) in [5.74, 6) is -0.0155. The van der Waals surface area contributed by atoms with E-state index in [1.54, 1.807) is 12.1 Å². The van der Waals surface area contributed by atoms with Crippen LogP contribution in [0.2, 0.25) is 0 Å². The third-order valence-electron chi connectivity index (χ3n) is 2.28. The van der Waals surface area contributed by atoms with Crippen LogP contribution in [0.3, 0.4) is 0 Å². The number of benzene rings is 1. The average Bonchev–Trinajstić information content (AvgIpc) is 2.80. The van der Waals surface area contributed by atoms with Gasteiger partial charge < -0.3 is 10.5 Å². The van der Waals surface area contributed by atoms with Crippen molar-refractivity contribution in [3.05, 3.63) is 28.4 Å². The van der Waals surface area contributed by atoms with Crippen LogP contribution >= 0.6 is 15.9 Å². The number of halogens is 1. The molecule has 0 spiro atoms. The first-order chi connectivity index (χ1) is 8.63. The number of nitrogens with zero attached hydrogens (tertiary/aromatic N) is 2. The Morgan fingerprint density at radius 1 is 1.50 bits per heavy atom. The number of ether oxygens (including phenoxy) is 1.